The minimum atomic E-state index is -3.59. The van der Waals surface area contributed by atoms with Crippen molar-refractivity contribution in [2.24, 2.45) is 5.92 Å². The fraction of sp³-hybridized carbons (Fsp3) is 0.316. The molecule has 1 amide bonds. The van der Waals surface area contributed by atoms with Crippen LogP contribution < -0.4 is 4.18 Å². The van der Waals surface area contributed by atoms with Crippen molar-refractivity contribution in [2.45, 2.75) is 20.4 Å². The first-order chi connectivity index (χ1) is 12.1. The van der Waals surface area contributed by atoms with Gasteiger partial charge in [-0.15, -0.1) is 0 Å². The summed E-state index contributed by atoms with van der Waals surface area (Å²) in [4.78, 5) is 14.7. The van der Waals surface area contributed by atoms with Crippen molar-refractivity contribution in [1.29, 1.82) is 0 Å². The molecule has 7 heteroatoms. The Hall–Kier alpha value is -1.86. The Kier molecular flexibility index (Phi) is 6.83. The lowest BCUT2D eigenvalue weighted by atomic mass is 10.1. The number of nitrogens with zero attached hydrogens (tertiary/aromatic N) is 1. The molecule has 0 aliphatic heterocycles. The van der Waals surface area contributed by atoms with E-state index in [2.05, 4.69) is 15.9 Å². The van der Waals surface area contributed by atoms with Gasteiger partial charge in [-0.1, -0.05) is 41.9 Å². The zero-order valence-corrected chi connectivity index (χ0v) is 17.4. The normalized spacial score (nSPS) is 11.4. The van der Waals surface area contributed by atoms with Crippen molar-refractivity contribution >= 4 is 32.0 Å². The number of halogens is 1. The standard InChI is InChI=1S/C19H22BrNO4S/c1-14(2)12-21(19(22)16-7-9-17(20)10-8-16)13-15-5-4-6-18(11-15)25-26(3,23)24/h4-11,14H,12-13H2,1-3H3. The van der Waals surface area contributed by atoms with E-state index in [0.29, 0.717) is 24.6 Å². The van der Waals surface area contributed by atoms with Gasteiger partial charge in [-0.3, -0.25) is 4.79 Å². The van der Waals surface area contributed by atoms with E-state index in [1.807, 2.05) is 32.0 Å². The van der Waals surface area contributed by atoms with E-state index < -0.39 is 10.1 Å². The van der Waals surface area contributed by atoms with Crippen LogP contribution in [0.3, 0.4) is 0 Å². The predicted octanol–water partition coefficient (Wildman–Crippen LogP) is 4.09. The topological polar surface area (TPSA) is 63.7 Å². The summed E-state index contributed by atoms with van der Waals surface area (Å²) in [5, 5.41) is 0. The third kappa shape index (κ3) is 6.46. The average molecular weight is 440 g/mol. The quantitative estimate of drug-likeness (QED) is 0.609. The molecule has 0 aromatic heterocycles. The largest absolute Gasteiger partial charge is 0.383 e. The molecule has 2 aromatic carbocycles. The molecule has 0 saturated heterocycles. The highest BCUT2D eigenvalue weighted by atomic mass is 79.9. The molecule has 0 aliphatic carbocycles. The Morgan fingerprint density at radius 2 is 1.81 bits per heavy atom. The van der Waals surface area contributed by atoms with Gasteiger partial charge in [0.2, 0.25) is 0 Å². The van der Waals surface area contributed by atoms with Crippen LogP contribution in [-0.2, 0) is 16.7 Å². The van der Waals surface area contributed by atoms with Crippen LogP contribution in [0.2, 0.25) is 0 Å². The van der Waals surface area contributed by atoms with Crippen LogP contribution in [0.1, 0.15) is 29.8 Å². The molecule has 0 radical (unpaired) electrons. The molecule has 0 atom stereocenters. The third-order valence-electron chi connectivity index (χ3n) is 3.48. The van der Waals surface area contributed by atoms with Crippen LogP contribution in [0.15, 0.2) is 53.0 Å². The maximum atomic E-state index is 12.9. The fourth-order valence-electron chi connectivity index (χ4n) is 2.53. The summed E-state index contributed by atoms with van der Waals surface area (Å²) in [6.45, 7) is 5.05. The van der Waals surface area contributed by atoms with Crippen molar-refractivity contribution < 1.29 is 17.4 Å². The van der Waals surface area contributed by atoms with Gasteiger partial charge in [0.25, 0.3) is 5.91 Å². The summed E-state index contributed by atoms with van der Waals surface area (Å²) >= 11 is 3.37. The number of carbonyl (C=O) groups excluding carboxylic acids is 1. The van der Waals surface area contributed by atoms with E-state index >= 15 is 0 Å². The van der Waals surface area contributed by atoms with Gasteiger partial charge in [0.15, 0.2) is 0 Å². The fourth-order valence-corrected chi connectivity index (χ4v) is 3.24. The summed E-state index contributed by atoms with van der Waals surface area (Å²) in [5.41, 5.74) is 1.41. The number of hydrogen-bond acceptors (Lipinski definition) is 4. The number of carbonyl (C=O) groups is 1. The Labute approximate surface area is 163 Å². The van der Waals surface area contributed by atoms with Crippen molar-refractivity contribution in [3.8, 4) is 5.75 Å². The summed E-state index contributed by atoms with van der Waals surface area (Å²) in [5.74, 6) is 0.469. The maximum Gasteiger partial charge on any atom is 0.306 e. The van der Waals surface area contributed by atoms with E-state index in [4.69, 9.17) is 4.18 Å². The molecular weight excluding hydrogens is 418 g/mol. The Morgan fingerprint density at radius 1 is 1.15 bits per heavy atom. The van der Waals surface area contributed by atoms with Crippen LogP contribution in [0.5, 0.6) is 5.75 Å². The molecule has 0 aliphatic rings. The van der Waals surface area contributed by atoms with Gasteiger partial charge < -0.3 is 9.08 Å². The second kappa shape index (κ2) is 8.68. The summed E-state index contributed by atoms with van der Waals surface area (Å²) < 4.78 is 28.5. The molecule has 140 valence electrons. The first-order valence-electron chi connectivity index (χ1n) is 8.17. The molecule has 0 N–H and O–H groups in total. The Morgan fingerprint density at radius 3 is 2.38 bits per heavy atom. The summed E-state index contributed by atoms with van der Waals surface area (Å²) in [6, 6.07) is 14.0. The van der Waals surface area contributed by atoms with Gasteiger partial charge >= 0.3 is 10.1 Å². The van der Waals surface area contributed by atoms with Crippen LogP contribution >= 0.6 is 15.9 Å². The first kappa shape index (κ1) is 20.5. The van der Waals surface area contributed by atoms with Crippen molar-refractivity contribution in [3.63, 3.8) is 0 Å². The molecule has 26 heavy (non-hydrogen) atoms. The van der Waals surface area contributed by atoms with Gasteiger partial charge in [0.05, 0.1) is 6.26 Å². The summed E-state index contributed by atoms with van der Waals surface area (Å²) in [7, 11) is -3.59. The highest BCUT2D eigenvalue weighted by Crippen LogP contribution is 2.19. The van der Waals surface area contributed by atoms with Crippen molar-refractivity contribution in [2.75, 3.05) is 12.8 Å². The zero-order chi connectivity index (χ0) is 19.3. The summed E-state index contributed by atoms with van der Waals surface area (Å²) in [6.07, 6.45) is 1.00. The second-order valence-corrected chi connectivity index (χ2v) is 9.01. The molecule has 0 saturated carbocycles. The molecule has 0 bridgehead atoms. The second-order valence-electron chi connectivity index (χ2n) is 6.52. The van der Waals surface area contributed by atoms with E-state index in [-0.39, 0.29) is 11.7 Å². The minimum Gasteiger partial charge on any atom is -0.383 e. The zero-order valence-electron chi connectivity index (χ0n) is 15.0. The van der Waals surface area contributed by atoms with Gasteiger partial charge in [0.1, 0.15) is 5.75 Å². The Bertz CT molecular complexity index is 863. The van der Waals surface area contributed by atoms with Gasteiger partial charge in [-0.05, 0) is 47.9 Å². The molecule has 0 unspecified atom stereocenters. The molecule has 0 heterocycles. The molecular formula is C19H22BrNO4S. The van der Waals surface area contributed by atoms with Crippen LogP contribution in [0.4, 0.5) is 0 Å². The molecule has 0 spiro atoms. The van der Waals surface area contributed by atoms with E-state index in [1.165, 1.54) is 0 Å². The molecule has 2 aromatic rings. The van der Waals surface area contributed by atoms with E-state index in [0.717, 1.165) is 16.3 Å². The minimum absolute atomic E-state index is 0.0689. The smallest absolute Gasteiger partial charge is 0.306 e. The lowest BCUT2D eigenvalue weighted by molar-refractivity contribution is 0.0722. The number of amides is 1. The lowest BCUT2D eigenvalue weighted by Gasteiger charge is -2.25. The highest BCUT2D eigenvalue weighted by Gasteiger charge is 2.18. The number of rotatable bonds is 7. The maximum absolute atomic E-state index is 12.9. The van der Waals surface area contributed by atoms with Gasteiger partial charge in [-0.25, -0.2) is 0 Å². The molecule has 0 fully saturated rings. The third-order valence-corrected chi connectivity index (χ3v) is 4.51. The number of benzene rings is 2. The number of hydrogen-bond donors (Lipinski definition) is 0. The lowest BCUT2D eigenvalue weighted by Crippen LogP contribution is -2.33. The van der Waals surface area contributed by atoms with Crippen LogP contribution in [-0.4, -0.2) is 32.0 Å². The monoisotopic (exact) mass is 439 g/mol. The Balaban J connectivity index is 2.23. The SMILES string of the molecule is CC(C)CN(Cc1cccc(OS(C)(=O)=O)c1)C(=O)c1ccc(Br)cc1. The van der Waals surface area contributed by atoms with Gasteiger partial charge in [-0.2, -0.15) is 8.42 Å². The van der Waals surface area contributed by atoms with Crippen LogP contribution in [0, 0.1) is 5.92 Å². The van der Waals surface area contributed by atoms with Crippen LogP contribution in [0.25, 0.3) is 0 Å². The van der Waals surface area contributed by atoms with E-state index in [9.17, 15) is 13.2 Å². The molecule has 5 nitrogen and oxygen atoms in total. The van der Waals surface area contributed by atoms with Gasteiger partial charge in [0, 0.05) is 23.1 Å². The predicted molar refractivity (Wildman–Crippen MR) is 106 cm³/mol. The van der Waals surface area contributed by atoms with Crippen molar-refractivity contribution in [3.05, 3.63) is 64.1 Å². The average Bonchev–Trinajstić information content (AvgIpc) is 2.52. The van der Waals surface area contributed by atoms with Crippen molar-refractivity contribution in [1.82, 2.24) is 4.90 Å². The highest BCUT2D eigenvalue weighted by molar-refractivity contribution is 9.10. The van der Waals surface area contributed by atoms with E-state index in [1.54, 1.807) is 35.2 Å². The molecule has 2 rings (SSSR count). The first-order valence-corrected chi connectivity index (χ1v) is 10.8.